The molecule has 0 aliphatic heterocycles. The van der Waals surface area contributed by atoms with E-state index in [-0.39, 0.29) is 12.5 Å². The molecule has 0 fully saturated rings. The summed E-state index contributed by atoms with van der Waals surface area (Å²) in [4.78, 5) is 24.6. The van der Waals surface area contributed by atoms with E-state index in [1.807, 2.05) is 16.8 Å². The maximum atomic E-state index is 12.0. The average Bonchev–Trinajstić information content (AvgIpc) is 2.98. The molecule has 110 valence electrons. The molecule has 0 aliphatic carbocycles. The van der Waals surface area contributed by atoms with Crippen LogP contribution in [0.4, 0.5) is 0 Å². The van der Waals surface area contributed by atoms with Gasteiger partial charge in [0.15, 0.2) is 12.9 Å². The molecule has 0 saturated carbocycles. The molecule has 1 heterocycles. The molecule has 21 heavy (non-hydrogen) atoms. The molecule has 0 N–H and O–H groups in total. The molecule has 0 radical (unpaired) electrons. The van der Waals surface area contributed by atoms with Crippen LogP contribution in [0.1, 0.15) is 15.9 Å². The zero-order valence-corrected chi connectivity index (χ0v) is 13.8. The second-order valence-corrected chi connectivity index (χ2v) is 6.17. The van der Waals surface area contributed by atoms with E-state index in [0.717, 1.165) is 10.0 Å². The normalized spacial score (nSPS) is 10.2. The highest BCUT2D eigenvalue weighted by Gasteiger charge is 2.12. The van der Waals surface area contributed by atoms with E-state index in [0.29, 0.717) is 24.1 Å². The van der Waals surface area contributed by atoms with E-state index in [2.05, 4.69) is 15.9 Å². The van der Waals surface area contributed by atoms with Gasteiger partial charge in [0.2, 0.25) is 0 Å². The SMILES string of the molecule is CN(Cc1ccsc1)C(=O)COc1ccc(Br)cc1C=O. The lowest BCUT2D eigenvalue weighted by Gasteiger charge is -2.17. The van der Waals surface area contributed by atoms with Gasteiger partial charge < -0.3 is 9.64 Å². The lowest BCUT2D eigenvalue weighted by molar-refractivity contribution is -0.132. The van der Waals surface area contributed by atoms with Crippen molar-refractivity contribution in [1.82, 2.24) is 4.90 Å². The van der Waals surface area contributed by atoms with E-state index >= 15 is 0 Å². The number of amides is 1. The molecule has 1 amide bonds. The van der Waals surface area contributed by atoms with E-state index in [4.69, 9.17) is 4.74 Å². The Balaban J connectivity index is 1.93. The van der Waals surface area contributed by atoms with Gasteiger partial charge in [-0.2, -0.15) is 11.3 Å². The highest BCUT2D eigenvalue weighted by atomic mass is 79.9. The first kappa shape index (κ1) is 15.7. The van der Waals surface area contributed by atoms with Gasteiger partial charge in [-0.15, -0.1) is 0 Å². The maximum absolute atomic E-state index is 12.0. The van der Waals surface area contributed by atoms with E-state index in [1.54, 1.807) is 41.5 Å². The summed E-state index contributed by atoms with van der Waals surface area (Å²) in [6.45, 7) is 0.454. The zero-order chi connectivity index (χ0) is 15.2. The van der Waals surface area contributed by atoms with E-state index in [1.165, 1.54) is 0 Å². The highest BCUT2D eigenvalue weighted by Crippen LogP contribution is 2.21. The smallest absolute Gasteiger partial charge is 0.260 e. The van der Waals surface area contributed by atoms with Crippen LogP contribution >= 0.6 is 27.3 Å². The van der Waals surface area contributed by atoms with Crippen molar-refractivity contribution in [3.8, 4) is 5.75 Å². The number of likely N-dealkylation sites (N-methyl/N-ethyl adjacent to an activating group) is 1. The number of hydrogen-bond donors (Lipinski definition) is 0. The number of halogens is 1. The Morgan fingerprint density at radius 2 is 2.24 bits per heavy atom. The summed E-state index contributed by atoms with van der Waals surface area (Å²) >= 11 is 4.88. The second kappa shape index (κ2) is 7.38. The van der Waals surface area contributed by atoms with Crippen molar-refractivity contribution in [3.63, 3.8) is 0 Å². The van der Waals surface area contributed by atoms with Crippen LogP contribution < -0.4 is 4.74 Å². The lowest BCUT2D eigenvalue weighted by Crippen LogP contribution is -2.30. The number of benzene rings is 1. The number of hydrogen-bond acceptors (Lipinski definition) is 4. The van der Waals surface area contributed by atoms with Crippen molar-refractivity contribution in [2.24, 2.45) is 0 Å². The number of thiophene rings is 1. The standard InChI is InChI=1S/C15H14BrNO3S/c1-17(7-11-4-5-21-10-11)15(19)9-20-14-3-2-13(16)6-12(14)8-18/h2-6,8,10H,7,9H2,1H3. The molecule has 2 rings (SSSR count). The summed E-state index contributed by atoms with van der Waals surface area (Å²) in [5.74, 6) is 0.270. The quantitative estimate of drug-likeness (QED) is 0.735. The number of ether oxygens (including phenoxy) is 1. The Kier molecular flexibility index (Phi) is 5.52. The van der Waals surface area contributed by atoms with Crippen LogP contribution in [-0.4, -0.2) is 30.7 Å². The minimum absolute atomic E-state index is 0.0941. The van der Waals surface area contributed by atoms with Crippen molar-refractivity contribution < 1.29 is 14.3 Å². The zero-order valence-electron chi connectivity index (χ0n) is 11.4. The highest BCUT2D eigenvalue weighted by molar-refractivity contribution is 9.10. The van der Waals surface area contributed by atoms with Crippen LogP contribution in [0, 0.1) is 0 Å². The third-order valence-electron chi connectivity index (χ3n) is 2.88. The van der Waals surface area contributed by atoms with Crippen molar-refractivity contribution in [2.45, 2.75) is 6.54 Å². The van der Waals surface area contributed by atoms with Gasteiger partial charge in [-0.25, -0.2) is 0 Å². The molecule has 0 atom stereocenters. The Morgan fingerprint density at radius 3 is 2.90 bits per heavy atom. The summed E-state index contributed by atoms with van der Waals surface area (Å²) in [6.07, 6.45) is 0.708. The largest absolute Gasteiger partial charge is 0.483 e. The van der Waals surface area contributed by atoms with Crippen LogP contribution in [0.2, 0.25) is 0 Å². The van der Waals surface area contributed by atoms with Crippen LogP contribution in [0.25, 0.3) is 0 Å². The van der Waals surface area contributed by atoms with Crippen LogP contribution in [0.15, 0.2) is 39.5 Å². The minimum Gasteiger partial charge on any atom is -0.483 e. The molecule has 4 nitrogen and oxygen atoms in total. The predicted molar refractivity (Wildman–Crippen MR) is 85.8 cm³/mol. The predicted octanol–water partition coefficient (Wildman–Crippen LogP) is 3.36. The fraction of sp³-hybridized carbons (Fsp3) is 0.200. The van der Waals surface area contributed by atoms with Crippen molar-refractivity contribution >= 4 is 39.5 Å². The summed E-state index contributed by atoms with van der Waals surface area (Å²) in [7, 11) is 1.73. The third-order valence-corrected chi connectivity index (χ3v) is 4.10. The first-order chi connectivity index (χ1) is 10.1. The van der Waals surface area contributed by atoms with Gasteiger partial charge in [-0.05, 0) is 40.6 Å². The van der Waals surface area contributed by atoms with Gasteiger partial charge in [0.25, 0.3) is 5.91 Å². The first-order valence-electron chi connectivity index (χ1n) is 6.22. The Labute approximate surface area is 135 Å². The van der Waals surface area contributed by atoms with Gasteiger partial charge in [-0.3, -0.25) is 9.59 Å². The fourth-order valence-corrected chi connectivity index (χ4v) is 2.78. The molecule has 0 unspecified atom stereocenters. The molecule has 6 heteroatoms. The van der Waals surface area contributed by atoms with E-state index < -0.39 is 0 Å². The maximum Gasteiger partial charge on any atom is 0.260 e. The Morgan fingerprint density at radius 1 is 1.43 bits per heavy atom. The molecule has 1 aromatic heterocycles. The molecular formula is C15H14BrNO3S. The number of aldehydes is 1. The van der Waals surface area contributed by atoms with Gasteiger partial charge in [0, 0.05) is 18.1 Å². The lowest BCUT2D eigenvalue weighted by atomic mass is 10.2. The molecule has 0 bridgehead atoms. The van der Waals surface area contributed by atoms with Crippen LogP contribution in [0.3, 0.4) is 0 Å². The number of rotatable bonds is 6. The average molecular weight is 368 g/mol. The first-order valence-corrected chi connectivity index (χ1v) is 7.96. The topological polar surface area (TPSA) is 46.6 Å². The fourth-order valence-electron chi connectivity index (χ4n) is 1.74. The summed E-state index contributed by atoms with van der Waals surface area (Å²) in [5, 5.41) is 3.98. The van der Waals surface area contributed by atoms with Gasteiger partial charge in [0.1, 0.15) is 5.75 Å². The monoisotopic (exact) mass is 367 g/mol. The van der Waals surface area contributed by atoms with Crippen molar-refractivity contribution in [2.75, 3.05) is 13.7 Å². The summed E-state index contributed by atoms with van der Waals surface area (Å²) in [6, 6.07) is 7.07. The van der Waals surface area contributed by atoms with E-state index in [9.17, 15) is 9.59 Å². The molecule has 0 aliphatic rings. The molecular weight excluding hydrogens is 354 g/mol. The number of carbonyl (C=O) groups excluding carboxylic acids is 2. The van der Waals surface area contributed by atoms with Gasteiger partial charge in [-0.1, -0.05) is 15.9 Å². The summed E-state index contributed by atoms with van der Waals surface area (Å²) < 4.78 is 6.23. The number of nitrogens with zero attached hydrogens (tertiary/aromatic N) is 1. The molecule has 0 spiro atoms. The Bertz CT molecular complexity index is 628. The van der Waals surface area contributed by atoms with Crippen LogP contribution in [-0.2, 0) is 11.3 Å². The van der Waals surface area contributed by atoms with Crippen LogP contribution in [0.5, 0.6) is 5.75 Å². The van der Waals surface area contributed by atoms with Crippen molar-refractivity contribution in [1.29, 1.82) is 0 Å². The molecule has 1 aromatic carbocycles. The van der Waals surface area contributed by atoms with Gasteiger partial charge >= 0.3 is 0 Å². The second-order valence-electron chi connectivity index (χ2n) is 4.47. The third kappa shape index (κ3) is 4.41. The molecule has 0 saturated heterocycles. The van der Waals surface area contributed by atoms with Gasteiger partial charge in [0.05, 0.1) is 5.56 Å². The van der Waals surface area contributed by atoms with Crippen molar-refractivity contribution in [3.05, 3.63) is 50.6 Å². The molecule has 2 aromatic rings. The summed E-state index contributed by atoms with van der Waals surface area (Å²) in [5.41, 5.74) is 1.51. The number of carbonyl (C=O) groups is 2. The Hall–Kier alpha value is -1.66. The minimum atomic E-state index is -0.138.